The summed E-state index contributed by atoms with van der Waals surface area (Å²) in [7, 11) is 3.64. The van der Waals surface area contributed by atoms with Gasteiger partial charge in [-0.2, -0.15) is 0 Å². The van der Waals surface area contributed by atoms with Gasteiger partial charge < -0.3 is 15.8 Å². The molecule has 0 aromatic heterocycles. The highest BCUT2D eigenvalue weighted by molar-refractivity contribution is 6.01. The molecule has 3 N–H and O–H groups in total. The fraction of sp³-hybridized carbons (Fsp3) is 0.533. The lowest BCUT2D eigenvalue weighted by Gasteiger charge is -2.24. The van der Waals surface area contributed by atoms with Crippen molar-refractivity contribution in [2.45, 2.75) is 31.8 Å². The van der Waals surface area contributed by atoms with Crippen LogP contribution in [0.25, 0.3) is 0 Å². The first kappa shape index (κ1) is 14.7. The molecule has 0 aliphatic heterocycles. The van der Waals surface area contributed by atoms with Crippen LogP contribution >= 0.6 is 0 Å². The lowest BCUT2D eigenvalue weighted by Crippen LogP contribution is -2.41. The Labute approximate surface area is 120 Å². The molecule has 0 spiro atoms. The van der Waals surface area contributed by atoms with E-state index in [0.717, 1.165) is 0 Å². The molecule has 1 saturated carbocycles. The number of benzene rings is 1. The largest absolute Gasteiger partial charge is 0.496 e. The second-order valence-electron chi connectivity index (χ2n) is 5.38. The number of anilines is 1. The molecule has 5 nitrogen and oxygen atoms in total. The summed E-state index contributed by atoms with van der Waals surface area (Å²) in [6, 6.07) is 6.21. The highest BCUT2D eigenvalue weighted by Crippen LogP contribution is 2.27. The Bertz CT molecular complexity index is 486. The number of nitrogens with one attached hydrogen (secondary N) is 1. The van der Waals surface area contributed by atoms with Crippen LogP contribution in [0, 0.1) is 0 Å². The van der Waals surface area contributed by atoms with Gasteiger partial charge in [-0.1, -0.05) is 6.07 Å². The lowest BCUT2D eigenvalue weighted by molar-refractivity contribution is 0.0937. The van der Waals surface area contributed by atoms with E-state index in [1.54, 1.807) is 18.2 Å². The number of nitrogens with two attached hydrogens (primary N) is 1. The Balaban J connectivity index is 1.98. The molecule has 1 atom stereocenters. The van der Waals surface area contributed by atoms with Crippen molar-refractivity contribution in [2.24, 2.45) is 0 Å². The van der Waals surface area contributed by atoms with Gasteiger partial charge in [0.05, 0.1) is 7.11 Å². The SMILES string of the molecule is COc1cccc(N)c1C(=O)NCC(C)N(C)C1CC1. The van der Waals surface area contributed by atoms with E-state index in [4.69, 9.17) is 10.5 Å². The third kappa shape index (κ3) is 3.22. The second kappa shape index (κ2) is 6.13. The summed E-state index contributed by atoms with van der Waals surface area (Å²) < 4.78 is 5.20. The minimum Gasteiger partial charge on any atom is -0.496 e. The molecule has 0 bridgehead atoms. The first-order valence-corrected chi connectivity index (χ1v) is 6.97. The number of amides is 1. The third-order valence-electron chi connectivity index (χ3n) is 3.88. The molecule has 2 rings (SSSR count). The molecule has 1 fully saturated rings. The first-order chi connectivity index (χ1) is 9.54. The zero-order valence-electron chi connectivity index (χ0n) is 12.3. The molecule has 0 saturated heterocycles. The predicted octanol–water partition coefficient (Wildman–Crippen LogP) is 1.49. The quantitative estimate of drug-likeness (QED) is 0.773. The number of ether oxygens (including phenoxy) is 1. The molecule has 5 heteroatoms. The summed E-state index contributed by atoms with van der Waals surface area (Å²) >= 11 is 0. The summed E-state index contributed by atoms with van der Waals surface area (Å²) in [5.41, 5.74) is 6.72. The van der Waals surface area contributed by atoms with Crippen LogP contribution in [0.15, 0.2) is 18.2 Å². The van der Waals surface area contributed by atoms with E-state index in [1.165, 1.54) is 20.0 Å². The lowest BCUT2D eigenvalue weighted by atomic mass is 10.1. The van der Waals surface area contributed by atoms with Gasteiger partial charge in [-0.3, -0.25) is 9.69 Å². The van der Waals surface area contributed by atoms with Crippen molar-refractivity contribution in [3.05, 3.63) is 23.8 Å². The fourth-order valence-electron chi connectivity index (χ4n) is 2.28. The molecule has 1 aliphatic carbocycles. The molecule has 1 unspecified atom stereocenters. The molecular weight excluding hydrogens is 254 g/mol. The smallest absolute Gasteiger partial charge is 0.257 e. The van der Waals surface area contributed by atoms with E-state index < -0.39 is 0 Å². The summed E-state index contributed by atoms with van der Waals surface area (Å²) in [5.74, 6) is 0.321. The van der Waals surface area contributed by atoms with Crippen molar-refractivity contribution >= 4 is 11.6 Å². The number of hydrogen-bond donors (Lipinski definition) is 2. The van der Waals surface area contributed by atoms with E-state index in [1.807, 2.05) is 0 Å². The van der Waals surface area contributed by atoms with E-state index in [9.17, 15) is 4.79 Å². The van der Waals surface area contributed by atoms with Crippen LogP contribution in [-0.2, 0) is 0 Å². The topological polar surface area (TPSA) is 67.6 Å². The van der Waals surface area contributed by atoms with Gasteiger partial charge in [0.1, 0.15) is 11.3 Å². The van der Waals surface area contributed by atoms with Crippen LogP contribution in [-0.4, -0.2) is 43.6 Å². The molecule has 20 heavy (non-hydrogen) atoms. The van der Waals surface area contributed by atoms with Gasteiger partial charge in [0.25, 0.3) is 5.91 Å². The number of carbonyl (C=O) groups is 1. The van der Waals surface area contributed by atoms with Crippen LogP contribution in [0.4, 0.5) is 5.69 Å². The number of nitrogen functional groups attached to an aromatic ring is 1. The molecule has 0 heterocycles. The molecule has 1 aromatic carbocycles. The van der Waals surface area contributed by atoms with Crippen molar-refractivity contribution < 1.29 is 9.53 Å². The van der Waals surface area contributed by atoms with E-state index >= 15 is 0 Å². The third-order valence-corrected chi connectivity index (χ3v) is 3.88. The fourth-order valence-corrected chi connectivity index (χ4v) is 2.28. The van der Waals surface area contributed by atoms with Crippen molar-refractivity contribution in [1.82, 2.24) is 10.2 Å². The predicted molar refractivity (Wildman–Crippen MR) is 80.0 cm³/mol. The van der Waals surface area contributed by atoms with E-state index in [0.29, 0.717) is 35.6 Å². The highest BCUT2D eigenvalue weighted by atomic mass is 16.5. The zero-order valence-corrected chi connectivity index (χ0v) is 12.3. The number of hydrogen-bond acceptors (Lipinski definition) is 4. The van der Waals surface area contributed by atoms with Gasteiger partial charge >= 0.3 is 0 Å². The van der Waals surface area contributed by atoms with Gasteiger partial charge in [0.15, 0.2) is 0 Å². The average molecular weight is 277 g/mol. The normalized spacial score (nSPS) is 16.0. The summed E-state index contributed by atoms with van der Waals surface area (Å²) in [5, 5.41) is 2.94. The van der Waals surface area contributed by atoms with Crippen LogP contribution < -0.4 is 15.8 Å². The van der Waals surface area contributed by atoms with Crippen LogP contribution in [0.2, 0.25) is 0 Å². The second-order valence-corrected chi connectivity index (χ2v) is 5.38. The molecule has 110 valence electrons. The van der Waals surface area contributed by atoms with Crippen molar-refractivity contribution in [2.75, 3.05) is 26.4 Å². The Kier molecular flexibility index (Phi) is 4.49. The molecule has 1 aromatic rings. The molecular formula is C15H23N3O2. The maximum atomic E-state index is 12.3. The summed E-state index contributed by atoms with van der Waals surface area (Å²) in [6.45, 7) is 2.72. The van der Waals surface area contributed by atoms with Crippen molar-refractivity contribution in [3.8, 4) is 5.75 Å². The number of methoxy groups -OCH3 is 1. The Morgan fingerprint density at radius 2 is 2.25 bits per heavy atom. The number of rotatable bonds is 6. The van der Waals surface area contributed by atoms with Gasteiger partial charge in [-0.05, 0) is 38.9 Å². The van der Waals surface area contributed by atoms with Crippen molar-refractivity contribution in [3.63, 3.8) is 0 Å². The average Bonchev–Trinajstić information content (AvgIpc) is 3.27. The number of likely N-dealkylation sites (N-methyl/N-ethyl adjacent to an activating group) is 1. The maximum absolute atomic E-state index is 12.3. The maximum Gasteiger partial charge on any atom is 0.257 e. The van der Waals surface area contributed by atoms with E-state index in [-0.39, 0.29) is 5.91 Å². The zero-order chi connectivity index (χ0) is 14.7. The first-order valence-electron chi connectivity index (χ1n) is 6.97. The number of carbonyl (C=O) groups excluding carboxylic acids is 1. The molecule has 1 amide bonds. The molecule has 0 radical (unpaired) electrons. The van der Waals surface area contributed by atoms with Crippen LogP contribution in [0.3, 0.4) is 0 Å². The summed E-state index contributed by atoms with van der Waals surface area (Å²) in [4.78, 5) is 14.6. The molecule has 1 aliphatic rings. The van der Waals surface area contributed by atoms with E-state index in [2.05, 4.69) is 24.2 Å². The Hall–Kier alpha value is -1.75. The minimum absolute atomic E-state index is 0.184. The van der Waals surface area contributed by atoms with Gasteiger partial charge in [-0.15, -0.1) is 0 Å². The Morgan fingerprint density at radius 1 is 1.55 bits per heavy atom. The van der Waals surface area contributed by atoms with Gasteiger partial charge in [0, 0.05) is 24.3 Å². The highest BCUT2D eigenvalue weighted by Gasteiger charge is 2.29. The Morgan fingerprint density at radius 3 is 2.85 bits per heavy atom. The van der Waals surface area contributed by atoms with Crippen LogP contribution in [0.5, 0.6) is 5.75 Å². The summed E-state index contributed by atoms with van der Waals surface area (Å²) in [6.07, 6.45) is 2.52. The minimum atomic E-state index is -0.184. The standard InChI is InChI=1S/C15H23N3O2/c1-10(18(2)11-7-8-11)9-17-15(19)14-12(16)5-4-6-13(14)20-3/h4-6,10-11H,7-9,16H2,1-3H3,(H,17,19). The number of nitrogens with zero attached hydrogens (tertiary/aromatic N) is 1. The van der Waals surface area contributed by atoms with Crippen molar-refractivity contribution in [1.29, 1.82) is 0 Å². The van der Waals surface area contributed by atoms with Gasteiger partial charge in [-0.25, -0.2) is 0 Å². The monoisotopic (exact) mass is 277 g/mol. The van der Waals surface area contributed by atoms with Crippen LogP contribution in [0.1, 0.15) is 30.1 Å². The van der Waals surface area contributed by atoms with Gasteiger partial charge in [0.2, 0.25) is 0 Å².